The van der Waals surface area contributed by atoms with Gasteiger partial charge < -0.3 is 15.2 Å². The number of carbonyl (C=O) groups is 1. The predicted molar refractivity (Wildman–Crippen MR) is 57.6 cm³/mol. The first-order valence-corrected chi connectivity index (χ1v) is 4.86. The zero-order valence-electron chi connectivity index (χ0n) is 9.03. The Morgan fingerprint density at radius 2 is 2.19 bits per heavy atom. The van der Waals surface area contributed by atoms with Crippen molar-refractivity contribution in [1.29, 1.82) is 0 Å². The van der Waals surface area contributed by atoms with Crippen LogP contribution in [0.2, 0.25) is 0 Å². The fourth-order valence-corrected chi connectivity index (χ4v) is 1.12. The number of hydrogen-bond acceptors (Lipinski definition) is 4. The van der Waals surface area contributed by atoms with E-state index in [0.717, 1.165) is 6.07 Å². The van der Waals surface area contributed by atoms with Gasteiger partial charge in [-0.3, -0.25) is 0 Å². The third kappa shape index (κ3) is 3.51. The molecule has 0 radical (unpaired) electrons. The van der Waals surface area contributed by atoms with E-state index in [2.05, 4.69) is 0 Å². The van der Waals surface area contributed by atoms with E-state index >= 15 is 0 Å². The summed E-state index contributed by atoms with van der Waals surface area (Å²) in [6, 6.07) is 3.74. The topological polar surface area (TPSA) is 61.5 Å². The molecule has 0 aliphatic carbocycles. The average Bonchev–Trinajstić information content (AvgIpc) is 2.28. The third-order valence-corrected chi connectivity index (χ3v) is 1.96. The maximum atomic E-state index is 12.8. The lowest BCUT2D eigenvalue weighted by atomic mass is 10.2. The smallest absolute Gasteiger partial charge is 0.338 e. The first-order valence-electron chi connectivity index (χ1n) is 4.86. The quantitative estimate of drug-likeness (QED) is 0.471. The van der Waals surface area contributed by atoms with Crippen LogP contribution in [-0.2, 0) is 9.47 Å². The largest absolute Gasteiger partial charge is 0.462 e. The number of esters is 1. The van der Waals surface area contributed by atoms with Crippen molar-refractivity contribution in [3.63, 3.8) is 0 Å². The molecule has 0 amide bonds. The summed E-state index contributed by atoms with van der Waals surface area (Å²) in [5.41, 5.74) is 5.52. The van der Waals surface area contributed by atoms with Crippen LogP contribution in [0.25, 0.3) is 0 Å². The second-order valence-electron chi connectivity index (χ2n) is 3.22. The van der Waals surface area contributed by atoms with Crippen molar-refractivity contribution in [3.8, 4) is 0 Å². The molecule has 0 fully saturated rings. The molecule has 1 aromatic rings. The van der Waals surface area contributed by atoms with Crippen LogP contribution < -0.4 is 5.73 Å². The molecular formula is C11H14FNO3. The molecule has 16 heavy (non-hydrogen) atoms. The fraction of sp³-hybridized carbons (Fsp3) is 0.364. The Bertz CT molecular complexity index is 368. The van der Waals surface area contributed by atoms with Gasteiger partial charge in [0.05, 0.1) is 17.9 Å². The number of nitrogens with two attached hydrogens (primary N) is 1. The zero-order valence-corrected chi connectivity index (χ0v) is 9.03. The number of methoxy groups -OCH3 is 1. The number of benzene rings is 1. The number of rotatable bonds is 5. The fourth-order valence-electron chi connectivity index (χ4n) is 1.12. The van der Waals surface area contributed by atoms with Crippen molar-refractivity contribution < 1.29 is 18.7 Å². The molecule has 2 N–H and O–H groups in total. The summed E-state index contributed by atoms with van der Waals surface area (Å²) in [6.45, 7) is 0.794. The van der Waals surface area contributed by atoms with Gasteiger partial charge in [0, 0.05) is 20.1 Å². The number of hydrogen-bond donors (Lipinski definition) is 1. The van der Waals surface area contributed by atoms with E-state index in [1.54, 1.807) is 7.11 Å². The SMILES string of the molecule is COCCCOC(=O)c1ccc(F)c(N)c1. The van der Waals surface area contributed by atoms with E-state index in [-0.39, 0.29) is 17.9 Å². The molecular weight excluding hydrogens is 213 g/mol. The molecule has 0 bridgehead atoms. The predicted octanol–water partition coefficient (Wildman–Crippen LogP) is 1.60. The maximum absolute atomic E-state index is 12.8. The number of nitrogen functional groups attached to an aromatic ring is 1. The molecule has 0 aliphatic heterocycles. The monoisotopic (exact) mass is 227 g/mol. The van der Waals surface area contributed by atoms with E-state index in [1.807, 2.05) is 0 Å². The van der Waals surface area contributed by atoms with Crippen molar-refractivity contribution in [1.82, 2.24) is 0 Å². The summed E-state index contributed by atoms with van der Waals surface area (Å²) in [4.78, 5) is 11.4. The molecule has 1 aromatic carbocycles. The highest BCUT2D eigenvalue weighted by Crippen LogP contribution is 2.13. The van der Waals surface area contributed by atoms with E-state index in [1.165, 1.54) is 12.1 Å². The van der Waals surface area contributed by atoms with Crippen molar-refractivity contribution >= 4 is 11.7 Å². The van der Waals surface area contributed by atoms with Crippen LogP contribution >= 0.6 is 0 Å². The van der Waals surface area contributed by atoms with Crippen LogP contribution in [0.5, 0.6) is 0 Å². The van der Waals surface area contributed by atoms with Crippen LogP contribution in [0, 0.1) is 5.82 Å². The van der Waals surface area contributed by atoms with E-state index in [0.29, 0.717) is 13.0 Å². The Hall–Kier alpha value is -1.62. The molecule has 5 heteroatoms. The van der Waals surface area contributed by atoms with Gasteiger partial charge in [0.2, 0.25) is 0 Å². The first kappa shape index (κ1) is 12.4. The summed E-state index contributed by atoms with van der Waals surface area (Å²) >= 11 is 0. The minimum Gasteiger partial charge on any atom is -0.462 e. The number of carbonyl (C=O) groups excluding carboxylic acids is 1. The summed E-state index contributed by atoms with van der Waals surface area (Å²) < 4.78 is 22.6. The highest BCUT2D eigenvalue weighted by molar-refractivity contribution is 5.90. The lowest BCUT2D eigenvalue weighted by molar-refractivity contribution is 0.0468. The van der Waals surface area contributed by atoms with Crippen molar-refractivity contribution in [3.05, 3.63) is 29.6 Å². The maximum Gasteiger partial charge on any atom is 0.338 e. The standard InChI is InChI=1S/C11H14FNO3/c1-15-5-2-6-16-11(14)8-3-4-9(12)10(13)7-8/h3-4,7H,2,5-6,13H2,1H3. The van der Waals surface area contributed by atoms with Gasteiger partial charge in [0.25, 0.3) is 0 Å². The molecule has 0 heterocycles. The Morgan fingerprint density at radius 1 is 1.44 bits per heavy atom. The molecule has 0 saturated heterocycles. The molecule has 4 nitrogen and oxygen atoms in total. The van der Waals surface area contributed by atoms with Gasteiger partial charge >= 0.3 is 5.97 Å². The van der Waals surface area contributed by atoms with Gasteiger partial charge in [-0.05, 0) is 18.2 Å². The van der Waals surface area contributed by atoms with Crippen LogP contribution in [0.3, 0.4) is 0 Å². The normalized spacial score (nSPS) is 10.1. The molecule has 0 atom stereocenters. The van der Waals surface area contributed by atoms with Crippen molar-refractivity contribution in [2.45, 2.75) is 6.42 Å². The minimum atomic E-state index is -0.545. The lowest BCUT2D eigenvalue weighted by Gasteiger charge is -2.05. The Kier molecular flexibility index (Phi) is 4.72. The number of anilines is 1. The molecule has 0 saturated carbocycles. The summed E-state index contributed by atoms with van der Waals surface area (Å²) in [6.07, 6.45) is 0.624. The van der Waals surface area contributed by atoms with E-state index in [9.17, 15) is 9.18 Å². The molecule has 0 aliphatic rings. The Labute approximate surface area is 93.2 Å². The molecule has 0 aromatic heterocycles. The van der Waals surface area contributed by atoms with Gasteiger partial charge in [0.15, 0.2) is 0 Å². The molecule has 88 valence electrons. The van der Waals surface area contributed by atoms with Crippen LogP contribution in [0.4, 0.5) is 10.1 Å². The van der Waals surface area contributed by atoms with Gasteiger partial charge in [-0.15, -0.1) is 0 Å². The van der Waals surface area contributed by atoms with Crippen molar-refractivity contribution in [2.24, 2.45) is 0 Å². The van der Waals surface area contributed by atoms with Crippen molar-refractivity contribution in [2.75, 3.05) is 26.1 Å². The van der Waals surface area contributed by atoms with Gasteiger partial charge in [0.1, 0.15) is 5.82 Å². The number of ether oxygens (including phenoxy) is 2. The van der Waals surface area contributed by atoms with Gasteiger partial charge in [-0.25, -0.2) is 9.18 Å². The third-order valence-electron chi connectivity index (χ3n) is 1.96. The number of halogens is 1. The molecule has 0 spiro atoms. The van der Waals surface area contributed by atoms with Crippen LogP contribution in [0.15, 0.2) is 18.2 Å². The average molecular weight is 227 g/mol. The van der Waals surface area contributed by atoms with E-state index in [4.69, 9.17) is 15.2 Å². The van der Waals surface area contributed by atoms with Gasteiger partial charge in [-0.1, -0.05) is 0 Å². The highest BCUT2D eigenvalue weighted by atomic mass is 19.1. The second kappa shape index (κ2) is 6.07. The summed E-state index contributed by atoms with van der Waals surface area (Å²) in [7, 11) is 1.57. The molecule has 1 rings (SSSR count). The summed E-state index contributed by atoms with van der Waals surface area (Å²) in [5.74, 6) is -1.06. The Morgan fingerprint density at radius 3 is 2.81 bits per heavy atom. The molecule has 0 unspecified atom stereocenters. The second-order valence-corrected chi connectivity index (χ2v) is 3.22. The summed E-state index contributed by atoms with van der Waals surface area (Å²) in [5, 5.41) is 0. The minimum absolute atomic E-state index is 0.0636. The highest BCUT2D eigenvalue weighted by Gasteiger charge is 2.08. The van der Waals surface area contributed by atoms with Crippen LogP contribution in [-0.4, -0.2) is 26.3 Å². The van der Waals surface area contributed by atoms with Crippen LogP contribution in [0.1, 0.15) is 16.8 Å². The van der Waals surface area contributed by atoms with E-state index < -0.39 is 11.8 Å². The first-order chi connectivity index (χ1) is 7.65. The Balaban J connectivity index is 2.50. The lowest BCUT2D eigenvalue weighted by Crippen LogP contribution is -2.08. The zero-order chi connectivity index (χ0) is 12.0. The van der Waals surface area contributed by atoms with Gasteiger partial charge in [-0.2, -0.15) is 0 Å².